The SMILES string of the molecule is CSCCO[C@H]1OC2N[C@@H]2[C@H](O)C1NC(C)=O. The number of ether oxygens (including phenoxy) is 2. The third kappa shape index (κ3) is 3.11. The van der Waals surface area contributed by atoms with Gasteiger partial charge in [0.05, 0.1) is 18.8 Å². The fourth-order valence-electron chi connectivity index (χ4n) is 1.93. The Balaban J connectivity index is 1.92. The molecule has 98 valence electrons. The lowest BCUT2D eigenvalue weighted by molar-refractivity contribution is -0.199. The maximum atomic E-state index is 11.1. The summed E-state index contributed by atoms with van der Waals surface area (Å²) in [6.07, 6.45) is 0.590. The van der Waals surface area contributed by atoms with E-state index >= 15 is 0 Å². The summed E-state index contributed by atoms with van der Waals surface area (Å²) in [5, 5.41) is 15.7. The molecule has 6 nitrogen and oxygen atoms in total. The molecule has 2 saturated heterocycles. The van der Waals surface area contributed by atoms with Crippen molar-refractivity contribution in [2.75, 3.05) is 18.6 Å². The molecule has 2 rings (SSSR count). The Morgan fingerprint density at radius 1 is 1.65 bits per heavy atom. The van der Waals surface area contributed by atoms with Crippen LogP contribution >= 0.6 is 11.8 Å². The van der Waals surface area contributed by atoms with E-state index in [2.05, 4.69) is 10.6 Å². The highest BCUT2D eigenvalue weighted by Crippen LogP contribution is 2.29. The van der Waals surface area contributed by atoms with Gasteiger partial charge in [-0.2, -0.15) is 11.8 Å². The number of aliphatic hydroxyl groups excluding tert-OH is 1. The number of amides is 1. The van der Waals surface area contributed by atoms with E-state index in [0.29, 0.717) is 6.61 Å². The zero-order valence-corrected chi connectivity index (χ0v) is 10.7. The van der Waals surface area contributed by atoms with Gasteiger partial charge in [-0.25, -0.2) is 0 Å². The normalized spacial score (nSPS) is 39.6. The van der Waals surface area contributed by atoms with Crippen LogP contribution < -0.4 is 10.6 Å². The molecule has 2 heterocycles. The summed E-state index contributed by atoms with van der Waals surface area (Å²) in [4.78, 5) is 11.1. The monoisotopic (exact) mass is 262 g/mol. The highest BCUT2D eigenvalue weighted by atomic mass is 32.2. The summed E-state index contributed by atoms with van der Waals surface area (Å²) in [6, 6.07) is -0.599. The van der Waals surface area contributed by atoms with Gasteiger partial charge in [0, 0.05) is 12.7 Å². The third-order valence-corrected chi connectivity index (χ3v) is 3.40. The van der Waals surface area contributed by atoms with Crippen LogP contribution in [0.5, 0.6) is 0 Å². The number of aliphatic hydroxyl groups is 1. The molecular formula is C10H18N2O4S. The molecule has 0 aromatic carbocycles. The topological polar surface area (TPSA) is 89.7 Å². The number of carbonyl (C=O) groups excluding carboxylic acids is 1. The zero-order chi connectivity index (χ0) is 12.4. The van der Waals surface area contributed by atoms with Crippen LogP contribution in [-0.2, 0) is 14.3 Å². The fourth-order valence-corrected chi connectivity index (χ4v) is 2.19. The van der Waals surface area contributed by atoms with Crippen molar-refractivity contribution in [3.05, 3.63) is 0 Å². The summed E-state index contributed by atoms with van der Waals surface area (Å²) in [5.74, 6) is 0.653. The van der Waals surface area contributed by atoms with Crippen molar-refractivity contribution >= 4 is 17.7 Å². The number of hydrogen-bond donors (Lipinski definition) is 3. The lowest BCUT2D eigenvalue weighted by atomic mass is 10.0. The van der Waals surface area contributed by atoms with Crippen LogP contribution in [0.2, 0.25) is 0 Å². The minimum Gasteiger partial charge on any atom is -0.389 e. The number of nitrogens with one attached hydrogen (secondary N) is 2. The summed E-state index contributed by atoms with van der Waals surface area (Å²) in [5.41, 5.74) is 0. The highest BCUT2D eigenvalue weighted by molar-refractivity contribution is 7.98. The van der Waals surface area contributed by atoms with E-state index in [9.17, 15) is 9.90 Å². The molecule has 2 aliphatic rings. The van der Waals surface area contributed by atoms with Gasteiger partial charge in [0.1, 0.15) is 12.3 Å². The molecule has 1 amide bonds. The maximum absolute atomic E-state index is 11.1. The van der Waals surface area contributed by atoms with Gasteiger partial charge in [0.25, 0.3) is 0 Å². The zero-order valence-electron chi connectivity index (χ0n) is 9.88. The van der Waals surface area contributed by atoms with E-state index in [1.807, 2.05) is 6.26 Å². The average Bonchev–Trinajstić information content (AvgIpc) is 3.03. The molecule has 7 heteroatoms. The summed E-state index contributed by atoms with van der Waals surface area (Å²) in [7, 11) is 0. The Bertz CT molecular complexity index is 291. The molecule has 3 N–H and O–H groups in total. The lowest BCUT2D eigenvalue weighted by Gasteiger charge is -2.33. The van der Waals surface area contributed by atoms with Crippen LogP contribution in [0.3, 0.4) is 0 Å². The molecular weight excluding hydrogens is 244 g/mol. The van der Waals surface area contributed by atoms with Crippen LogP contribution in [0.4, 0.5) is 0 Å². The number of carbonyl (C=O) groups is 1. The molecule has 0 aromatic rings. The van der Waals surface area contributed by atoms with Gasteiger partial charge in [-0.3, -0.25) is 10.1 Å². The molecule has 17 heavy (non-hydrogen) atoms. The van der Waals surface area contributed by atoms with Crippen molar-refractivity contribution in [1.82, 2.24) is 10.6 Å². The van der Waals surface area contributed by atoms with Gasteiger partial charge in [-0.15, -0.1) is 0 Å². The second-order valence-electron chi connectivity index (χ2n) is 4.20. The van der Waals surface area contributed by atoms with Crippen LogP contribution in [0, 0.1) is 0 Å². The number of hydrogen-bond acceptors (Lipinski definition) is 6. The first kappa shape index (κ1) is 13.1. The van der Waals surface area contributed by atoms with Crippen molar-refractivity contribution in [3.63, 3.8) is 0 Å². The Labute approximate surface area is 104 Å². The van der Waals surface area contributed by atoms with E-state index in [0.717, 1.165) is 5.75 Å². The van der Waals surface area contributed by atoms with Crippen molar-refractivity contribution in [2.45, 2.75) is 37.6 Å². The molecule has 2 unspecified atom stereocenters. The molecule has 0 aliphatic carbocycles. The van der Waals surface area contributed by atoms with E-state index in [4.69, 9.17) is 9.47 Å². The summed E-state index contributed by atoms with van der Waals surface area (Å²) < 4.78 is 11.1. The summed E-state index contributed by atoms with van der Waals surface area (Å²) >= 11 is 1.67. The largest absolute Gasteiger partial charge is 0.389 e. The molecule has 5 atom stereocenters. The van der Waals surface area contributed by atoms with E-state index in [1.54, 1.807) is 11.8 Å². The van der Waals surface area contributed by atoms with Crippen molar-refractivity contribution in [3.8, 4) is 0 Å². The van der Waals surface area contributed by atoms with Crippen molar-refractivity contribution in [1.29, 1.82) is 0 Å². The first-order chi connectivity index (χ1) is 8.13. The van der Waals surface area contributed by atoms with E-state index in [-0.39, 0.29) is 18.2 Å². The molecule has 0 radical (unpaired) electrons. The Morgan fingerprint density at radius 2 is 2.41 bits per heavy atom. The van der Waals surface area contributed by atoms with Crippen molar-refractivity contribution in [2.24, 2.45) is 0 Å². The Hall–Kier alpha value is -0.340. The van der Waals surface area contributed by atoms with Crippen LogP contribution in [0.1, 0.15) is 6.92 Å². The van der Waals surface area contributed by atoms with Crippen LogP contribution in [-0.4, -0.2) is 60.3 Å². The minimum absolute atomic E-state index is 0.0905. The van der Waals surface area contributed by atoms with Crippen LogP contribution in [0.25, 0.3) is 0 Å². The molecule has 0 spiro atoms. The Morgan fingerprint density at radius 3 is 3.06 bits per heavy atom. The molecule has 2 fully saturated rings. The van der Waals surface area contributed by atoms with Gasteiger partial charge in [0.2, 0.25) is 5.91 Å². The smallest absolute Gasteiger partial charge is 0.217 e. The van der Waals surface area contributed by atoms with Crippen molar-refractivity contribution < 1.29 is 19.4 Å². The molecule has 2 aliphatic heterocycles. The van der Waals surface area contributed by atoms with E-state index < -0.39 is 18.4 Å². The second-order valence-corrected chi connectivity index (χ2v) is 5.18. The second kappa shape index (κ2) is 5.53. The first-order valence-electron chi connectivity index (χ1n) is 5.60. The molecule has 0 aromatic heterocycles. The number of thioether (sulfide) groups is 1. The minimum atomic E-state index is -0.670. The van der Waals surface area contributed by atoms with Crippen LogP contribution in [0.15, 0.2) is 0 Å². The average molecular weight is 262 g/mol. The fraction of sp³-hybridized carbons (Fsp3) is 0.900. The summed E-state index contributed by atoms with van der Waals surface area (Å²) in [6.45, 7) is 1.95. The highest BCUT2D eigenvalue weighted by Gasteiger charge is 2.54. The quantitative estimate of drug-likeness (QED) is 0.430. The van der Waals surface area contributed by atoms with Gasteiger partial charge in [-0.1, -0.05) is 0 Å². The number of fused-ring (bicyclic) bond motifs is 1. The van der Waals surface area contributed by atoms with Gasteiger partial charge in [-0.05, 0) is 6.26 Å². The van der Waals surface area contributed by atoms with Gasteiger partial charge in [0.15, 0.2) is 6.29 Å². The predicted octanol–water partition coefficient (Wildman–Crippen LogP) is -1.11. The third-order valence-electron chi connectivity index (χ3n) is 2.82. The first-order valence-corrected chi connectivity index (χ1v) is 7.00. The van der Waals surface area contributed by atoms with Gasteiger partial charge >= 0.3 is 0 Å². The standard InChI is InChI=1S/C10H18N2O4S/c1-5(13)11-7-8(14)6-9(12-6)16-10(7)15-3-4-17-2/h6-10,12,14H,3-4H2,1-2H3,(H,11,13)/t6-,7?,8+,9?,10+/m1/s1. The predicted molar refractivity (Wildman–Crippen MR) is 63.5 cm³/mol. The molecule has 0 bridgehead atoms. The maximum Gasteiger partial charge on any atom is 0.217 e. The van der Waals surface area contributed by atoms with Gasteiger partial charge < -0.3 is 19.9 Å². The lowest BCUT2D eigenvalue weighted by Crippen LogP contribution is -2.57. The number of rotatable bonds is 5. The molecule has 0 saturated carbocycles. The van der Waals surface area contributed by atoms with E-state index in [1.165, 1.54) is 6.92 Å². The Kier molecular flexibility index (Phi) is 4.26.